The molecule has 0 aliphatic heterocycles. The van der Waals surface area contributed by atoms with E-state index in [2.05, 4.69) is 17.1 Å². The maximum absolute atomic E-state index is 10.4. The summed E-state index contributed by atoms with van der Waals surface area (Å²) in [6, 6.07) is 8.68. The Labute approximate surface area is 82.1 Å². The van der Waals surface area contributed by atoms with Crippen LogP contribution < -0.4 is 11.2 Å². The van der Waals surface area contributed by atoms with Crippen molar-refractivity contribution >= 4 is 11.7 Å². The molecule has 0 saturated carbocycles. The van der Waals surface area contributed by atoms with Gasteiger partial charge < -0.3 is 5.73 Å². The largest absolute Gasteiger partial charge is 0.350 e. The van der Waals surface area contributed by atoms with Gasteiger partial charge in [0.1, 0.15) is 0 Å². The third-order valence-electron chi connectivity index (χ3n) is 1.55. The lowest BCUT2D eigenvalue weighted by molar-refractivity contribution is 0.249. The summed E-state index contributed by atoms with van der Waals surface area (Å²) >= 11 is 0. The van der Waals surface area contributed by atoms with Gasteiger partial charge in [0, 0.05) is 5.56 Å². The van der Waals surface area contributed by atoms with Gasteiger partial charge in [-0.25, -0.2) is 10.2 Å². The van der Waals surface area contributed by atoms with E-state index >= 15 is 0 Å². The van der Waals surface area contributed by atoms with Crippen LogP contribution in [-0.4, -0.2) is 11.7 Å². The quantitative estimate of drug-likeness (QED) is 0.545. The Hall–Kier alpha value is -2.10. The molecule has 0 aliphatic rings. The van der Waals surface area contributed by atoms with Crippen LogP contribution in [0.1, 0.15) is 5.56 Å². The molecule has 0 aliphatic carbocycles. The highest BCUT2D eigenvalue weighted by Crippen LogP contribution is 2.01. The number of urea groups is 1. The molecule has 2 amide bonds. The fourth-order valence-electron chi connectivity index (χ4n) is 0.952. The number of carbonyl (C=O) groups is 1. The van der Waals surface area contributed by atoms with Crippen molar-refractivity contribution in [1.82, 2.24) is 5.43 Å². The number of allylic oxidation sites excluding steroid dienone is 1. The molecule has 4 nitrogen and oxygen atoms in total. The molecule has 0 saturated heterocycles. The number of hydrogen-bond acceptors (Lipinski definition) is 2. The average Bonchev–Trinajstić information content (AvgIpc) is 2.20. The van der Waals surface area contributed by atoms with E-state index in [1.165, 1.54) is 0 Å². The number of primary amides is 1. The molecule has 0 heterocycles. The van der Waals surface area contributed by atoms with Crippen molar-refractivity contribution < 1.29 is 4.79 Å². The SMILES string of the molecule is C=C/C(=N\NC(N)=O)c1ccccc1. The number of nitrogens with one attached hydrogen (secondary N) is 1. The number of rotatable bonds is 3. The molecule has 0 spiro atoms. The highest BCUT2D eigenvalue weighted by Gasteiger charge is 1.97. The number of carbonyl (C=O) groups excluding carboxylic acids is 1. The normalized spacial score (nSPS) is 10.7. The summed E-state index contributed by atoms with van der Waals surface area (Å²) in [5.41, 5.74) is 8.48. The van der Waals surface area contributed by atoms with Crippen LogP contribution in [0.2, 0.25) is 0 Å². The number of amides is 2. The zero-order chi connectivity index (χ0) is 10.4. The van der Waals surface area contributed by atoms with Gasteiger partial charge in [-0.1, -0.05) is 36.9 Å². The van der Waals surface area contributed by atoms with Gasteiger partial charge in [-0.3, -0.25) is 0 Å². The van der Waals surface area contributed by atoms with Crippen molar-refractivity contribution in [2.24, 2.45) is 10.8 Å². The third-order valence-corrected chi connectivity index (χ3v) is 1.55. The zero-order valence-electron chi connectivity index (χ0n) is 7.60. The molecule has 0 aromatic heterocycles. The van der Waals surface area contributed by atoms with Crippen molar-refractivity contribution in [1.29, 1.82) is 0 Å². The Morgan fingerprint density at radius 3 is 2.57 bits per heavy atom. The third kappa shape index (κ3) is 2.75. The van der Waals surface area contributed by atoms with Crippen molar-refractivity contribution in [3.8, 4) is 0 Å². The average molecular weight is 189 g/mol. The van der Waals surface area contributed by atoms with Gasteiger partial charge in [-0.05, 0) is 6.08 Å². The number of nitrogens with two attached hydrogens (primary N) is 1. The van der Waals surface area contributed by atoms with Crippen LogP contribution in [-0.2, 0) is 0 Å². The van der Waals surface area contributed by atoms with Gasteiger partial charge in [-0.15, -0.1) is 0 Å². The van der Waals surface area contributed by atoms with Gasteiger partial charge in [0.2, 0.25) is 0 Å². The molecule has 4 heteroatoms. The van der Waals surface area contributed by atoms with Crippen molar-refractivity contribution in [3.05, 3.63) is 48.6 Å². The Morgan fingerprint density at radius 2 is 2.07 bits per heavy atom. The summed E-state index contributed by atoms with van der Waals surface area (Å²) in [7, 11) is 0. The lowest BCUT2D eigenvalue weighted by Crippen LogP contribution is -2.25. The topological polar surface area (TPSA) is 67.5 Å². The van der Waals surface area contributed by atoms with Crippen LogP contribution in [0.5, 0.6) is 0 Å². The maximum Gasteiger partial charge on any atom is 0.332 e. The molecule has 0 bridgehead atoms. The van der Waals surface area contributed by atoms with E-state index < -0.39 is 6.03 Å². The molecule has 1 aromatic rings. The van der Waals surface area contributed by atoms with E-state index in [1.807, 2.05) is 30.3 Å². The minimum Gasteiger partial charge on any atom is -0.350 e. The Balaban J connectivity index is 2.87. The number of benzene rings is 1. The van der Waals surface area contributed by atoms with Gasteiger partial charge >= 0.3 is 6.03 Å². The van der Waals surface area contributed by atoms with Gasteiger partial charge in [0.15, 0.2) is 0 Å². The lowest BCUT2D eigenvalue weighted by Gasteiger charge is -2.00. The molecule has 72 valence electrons. The van der Waals surface area contributed by atoms with Crippen molar-refractivity contribution in [3.63, 3.8) is 0 Å². The number of hydrogen-bond donors (Lipinski definition) is 2. The van der Waals surface area contributed by atoms with Crippen molar-refractivity contribution in [2.45, 2.75) is 0 Å². The highest BCUT2D eigenvalue weighted by atomic mass is 16.2. The summed E-state index contributed by atoms with van der Waals surface area (Å²) in [5, 5.41) is 3.79. The highest BCUT2D eigenvalue weighted by molar-refractivity contribution is 6.08. The van der Waals surface area contributed by atoms with Gasteiger partial charge in [0.05, 0.1) is 5.71 Å². The summed E-state index contributed by atoms with van der Waals surface area (Å²) < 4.78 is 0. The van der Waals surface area contributed by atoms with Crippen LogP contribution >= 0.6 is 0 Å². The van der Waals surface area contributed by atoms with Gasteiger partial charge in [-0.2, -0.15) is 5.10 Å². The van der Waals surface area contributed by atoms with Crippen LogP contribution in [0.25, 0.3) is 0 Å². The minimum atomic E-state index is -0.694. The molecule has 0 fully saturated rings. The van der Waals surface area contributed by atoms with E-state index in [4.69, 9.17) is 5.73 Å². The summed E-state index contributed by atoms with van der Waals surface area (Å²) in [5.74, 6) is 0. The first-order chi connectivity index (χ1) is 6.74. The summed E-state index contributed by atoms with van der Waals surface area (Å²) in [6.07, 6.45) is 1.55. The second-order valence-corrected chi connectivity index (χ2v) is 2.54. The van der Waals surface area contributed by atoms with E-state index in [-0.39, 0.29) is 0 Å². The first kappa shape index (κ1) is 9.98. The van der Waals surface area contributed by atoms with Gasteiger partial charge in [0.25, 0.3) is 0 Å². The molecule has 3 N–H and O–H groups in total. The van der Waals surface area contributed by atoms with E-state index in [0.29, 0.717) is 5.71 Å². The van der Waals surface area contributed by atoms with Crippen LogP contribution in [0.15, 0.2) is 48.1 Å². The Kier molecular flexibility index (Phi) is 3.43. The monoisotopic (exact) mass is 189 g/mol. The fraction of sp³-hybridized carbons (Fsp3) is 0. The zero-order valence-corrected chi connectivity index (χ0v) is 7.60. The molecule has 0 unspecified atom stereocenters. The fourth-order valence-corrected chi connectivity index (χ4v) is 0.952. The number of nitrogens with zero attached hydrogens (tertiary/aromatic N) is 1. The first-order valence-electron chi connectivity index (χ1n) is 4.05. The molecule has 0 radical (unpaired) electrons. The van der Waals surface area contributed by atoms with Crippen LogP contribution in [0.3, 0.4) is 0 Å². The molecule has 1 rings (SSSR count). The molecular weight excluding hydrogens is 178 g/mol. The smallest absolute Gasteiger partial charge is 0.332 e. The summed E-state index contributed by atoms with van der Waals surface area (Å²) in [6.45, 7) is 3.59. The van der Waals surface area contributed by atoms with Crippen LogP contribution in [0.4, 0.5) is 4.79 Å². The second kappa shape index (κ2) is 4.81. The second-order valence-electron chi connectivity index (χ2n) is 2.54. The molecule has 14 heavy (non-hydrogen) atoms. The standard InChI is InChI=1S/C10H11N3O/c1-2-9(12-13-10(11)14)8-6-4-3-5-7-8/h2-7H,1H2,(H3,11,13,14)/b12-9+. The molecular formula is C10H11N3O. The predicted molar refractivity (Wildman–Crippen MR) is 55.9 cm³/mol. The van der Waals surface area contributed by atoms with E-state index in [1.54, 1.807) is 6.08 Å². The summed E-state index contributed by atoms with van der Waals surface area (Å²) in [4.78, 5) is 10.4. The first-order valence-corrected chi connectivity index (χ1v) is 4.05. The van der Waals surface area contributed by atoms with E-state index in [9.17, 15) is 4.79 Å². The van der Waals surface area contributed by atoms with E-state index in [0.717, 1.165) is 5.56 Å². The lowest BCUT2D eigenvalue weighted by atomic mass is 10.1. The predicted octanol–water partition coefficient (Wildman–Crippen LogP) is 1.25. The Morgan fingerprint density at radius 1 is 1.43 bits per heavy atom. The maximum atomic E-state index is 10.4. The molecule has 1 aromatic carbocycles. The molecule has 0 atom stereocenters. The number of hydrazone groups is 1. The van der Waals surface area contributed by atoms with Crippen LogP contribution in [0, 0.1) is 0 Å². The van der Waals surface area contributed by atoms with Crippen molar-refractivity contribution in [2.75, 3.05) is 0 Å². The Bertz CT molecular complexity index is 357. The minimum absolute atomic E-state index is 0.574.